The summed E-state index contributed by atoms with van der Waals surface area (Å²) in [6, 6.07) is 5.70. The predicted molar refractivity (Wildman–Crippen MR) is 116 cm³/mol. The van der Waals surface area contributed by atoms with Gasteiger partial charge in [0.2, 0.25) is 12.7 Å². The van der Waals surface area contributed by atoms with E-state index in [0.29, 0.717) is 19.0 Å². The molecule has 0 unspecified atom stereocenters. The van der Waals surface area contributed by atoms with Gasteiger partial charge in [0.1, 0.15) is 5.82 Å². The summed E-state index contributed by atoms with van der Waals surface area (Å²) in [5, 5.41) is 12.4. The van der Waals surface area contributed by atoms with Gasteiger partial charge < -0.3 is 19.4 Å². The molecule has 0 saturated heterocycles. The lowest BCUT2D eigenvalue weighted by atomic mass is 9.89. The Morgan fingerprint density at radius 3 is 2.90 bits per heavy atom. The van der Waals surface area contributed by atoms with Gasteiger partial charge in [-0.25, -0.2) is 0 Å². The minimum absolute atomic E-state index is 0.0370. The fourth-order valence-electron chi connectivity index (χ4n) is 3.95. The first-order valence-electron chi connectivity index (χ1n) is 10.5. The topological polar surface area (TPSA) is 78.3 Å². The molecule has 1 amide bonds. The quantitative estimate of drug-likeness (QED) is 0.505. The number of aromatic nitrogens is 3. The van der Waals surface area contributed by atoms with Crippen molar-refractivity contribution in [1.82, 2.24) is 20.1 Å². The van der Waals surface area contributed by atoms with E-state index in [9.17, 15) is 4.79 Å². The third kappa shape index (κ3) is 4.64. The summed E-state index contributed by atoms with van der Waals surface area (Å²) in [5.74, 6) is 2.91. The molecule has 2 heterocycles. The van der Waals surface area contributed by atoms with Crippen LogP contribution in [0.5, 0.6) is 11.5 Å². The molecule has 1 aliphatic heterocycles. The standard InChI is InChI=1S/C22H28N4O3S/c1-3-11-26-20(17-7-5-4-6-8-17)24-25-22(26)30-15(2)21(27)23-13-16-9-10-18-19(12-16)29-14-28-18/h3,9-10,12,15,17H,1,4-8,11,13-14H2,2H3,(H,23,27)/t15-/m0/s1. The second-order valence-electron chi connectivity index (χ2n) is 7.74. The first kappa shape index (κ1) is 20.8. The Morgan fingerprint density at radius 2 is 2.10 bits per heavy atom. The van der Waals surface area contributed by atoms with Crippen LogP contribution in [0.2, 0.25) is 0 Å². The largest absolute Gasteiger partial charge is 0.454 e. The van der Waals surface area contributed by atoms with Gasteiger partial charge in [0.05, 0.1) is 5.25 Å². The highest BCUT2D eigenvalue weighted by Gasteiger charge is 2.25. The molecule has 1 atom stereocenters. The molecule has 1 N–H and O–H groups in total. The number of allylic oxidation sites excluding steroid dienone is 1. The van der Waals surface area contributed by atoms with Crippen LogP contribution in [0.25, 0.3) is 0 Å². The molecule has 1 fully saturated rings. The molecule has 160 valence electrons. The molecule has 1 aromatic heterocycles. The summed E-state index contributed by atoms with van der Waals surface area (Å²) in [6.45, 7) is 7.12. The maximum Gasteiger partial charge on any atom is 0.233 e. The number of benzene rings is 1. The average molecular weight is 429 g/mol. The number of amides is 1. The molecule has 30 heavy (non-hydrogen) atoms. The molecule has 4 rings (SSSR count). The van der Waals surface area contributed by atoms with E-state index in [1.54, 1.807) is 0 Å². The lowest BCUT2D eigenvalue weighted by molar-refractivity contribution is -0.120. The molecular formula is C22H28N4O3S. The molecule has 7 nitrogen and oxygen atoms in total. The molecule has 0 spiro atoms. The molecule has 8 heteroatoms. The van der Waals surface area contributed by atoms with Crippen LogP contribution in [0, 0.1) is 0 Å². The number of carbonyl (C=O) groups is 1. The van der Waals surface area contributed by atoms with Crippen LogP contribution in [0.3, 0.4) is 0 Å². The van der Waals surface area contributed by atoms with Gasteiger partial charge in [0.15, 0.2) is 16.7 Å². The molecule has 2 aromatic rings. The lowest BCUT2D eigenvalue weighted by Crippen LogP contribution is -2.30. The maximum atomic E-state index is 12.7. The zero-order valence-electron chi connectivity index (χ0n) is 17.3. The number of nitrogens with zero attached hydrogens (tertiary/aromatic N) is 3. The van der Waals surface area contributed by atoms with Gasteiger partial charge in [0.25, 0.3) is 0 Å². The van der Waals surface area contributed by atoms with Crippen molar-refractivity contribution in [3.8, 4) is 11.5 Å². The van der Waals surface area contributed by atoms with Crippen molar-refractivity contribution in [3.05, 3.63) is 42.2 Å². The summed E-state index contributed by atoms with van der Waals surface area (Å²) in [6.07, 6.45) is 7.97. The lowest BCUT2D eigenvalue weighted by Gasteiger charge is -2.21. The summed E-state index contributed by atoms with van der Waals surface area (Å²) >= 11 is 1.44. The van der Waals surface area contributed by atoms with E-state index in [2.05, 4.69) is 26.7 Å². The number of rotatable bonds is 8. The van der Waals surface area contributed by atoms with Crippen molar-refractivity contribution < 1.29 is 14.3 Å². The Balaban J connectivity index is 1.37. The summed E-state index contributed by atoms with van der Waals surface area (Å²) in [5.41, 5.74) is 0.971. The zero-order chi connectivity index (χ0) is 20.9. The first-order valence-corrected chi connectivity index (χ1v) is 11.4. The van der Waals surface area contributed by atoms with E-state index < -0.39 is 0 Å². The number of nitrogens with one attached hydrogen (secondary N) is 1. The highest BCUT2D eigenvalue weighted by molar-refractivity contribution is 8.00. The van der Waals surface area contributed by atoms with Crippen molar-refractivity contribution in [1.29, 1.82) is 0 Å². The Kier molecular flexibility index (Phi) is 6.62. The van der Waals surface area contributed by atoms with Crippen molar-refractivity contribution in [2.24, 2.45) is 0 Å². The molecule has 1 aromatic carbocycles. The molecule has 1 aliphatic carbocycles. The van der Waals surface area contributed by atoms with Gasteiger partial charge in [-0.15, -0.1) is 16.8 Å². The van der Waals surface area contributed by atoms with Crippen molar-refractivity contribution in [2.75, 3.05) is 6.79 Å². The van der Waals surface area contributed by atoms with Crippen molar-refractivity contribution in [2.45, 2.75) is 68.4 Å². The number of carbonyl (C=O) groups excluding carboxylic acids is 1. The number of thioether (sulfide) groups is 1. The van der Waals surface area contributed by atoms with Gasteiger partial charge in [0, 0.05) is 19.0 Å². The molecule has 0 radical (unpaired) electrons. The summed E-state index contributed by atoms with van der Waals surface area (Å²) in [4.78, 5) is 12.7. The minimum atomic E-state index is -0.286. The van der Waals surface area contributed by atoms with Crippen LogP contribution in [-0.4, -0.2) is 32.7 Å². The Labute approximate surface area is 181 Å². The van der Waals surface area contributed by atoms with E-state index in [1.165, 1.54) is 31.0 Å². The van der Waals surface area contributed by atoms with Crippen LogP contribution in [0.15, 0.2) is 36.0 Å². The Hall–Kier alpha value is -2.48. The van der Waals surface area contributed by atoms with Crippen LogP contribution in [0.1, 0.15) is 56.3 Å². The van der Waals surface area contributed by atoms with E-state index in [4.69, 9.17) is 9.47 Å². The molecule has 0 bridgehead atoms. The monoisotopic (exact) mass is 428 g/mol. The van der Waals surface area contributed by atoms with Gasteiger partial charge in [-0.2, -0.15) is 0 Å². The normalized spacial score (nSPS) is 17.0. The third-order valence-electron chi connectivity index (χ3n) is 5.58. The van der Waals surface area contributed by atoms with Crippen LogP contribution in [-0.2, 0) is 17.9 Å². The highest BCUT2D eigenvalue weighted by atomic mass is 32.2. The third-order valence-corrected chi connectivity index (χ3v) is 6.66. The highest BCUT2D eigenvalue weighted by Crippen LogP contribution is 2.34. The van der Waals surface area contributed by atoms with Gasteiger partial charge in [-0.05, 0) is 37.5 Å². The van der Waals surface area contributed by atoms with Gasteiger partial charge >= 0.3 is 0 Å². The second-order valence-corrected chi connectivity index (χ2v) is 9.05. The summed E-state index contributed by atoms with van der Waals surface area (Å²) < 4.78 is 12.8. The van der Waals surface area contributed by atoms with Crippen LogP contribution < -0.4 is 14.8 Å². The average Bonchev–Trinajstić information content (AvgIpc) is 3.39. The number of hydrogen-bond acceptors (Lipinski definition) is 6. The van der Waals surface area contributed by atoms with Crippen LogP contribution >= 0.6 is 11.8 Å². The van der Waals surface area contributed by atoms with E-state index in [1.807, 2.05) is 31.2 Å². The predicted octanol–water partition coefficient (Wildman–Crippen LogP) is 4.04. The minimum Gasteiger partial charge on any atom is -0.454 e. The first-order chi connectivity index (χ1) is 14.7. The van der Waals surface area contributed by atoms with E-state index in [-0.39, 0.29) is 18.0 Å². The van der Waals surface area contributed by atoms with Gasteiger partial charge in [-0.3, -0.25) is 4.79 Å². The van der Waals surface area contributed by atoms with Gasteiger partial charge in [-0.1, -0.05) is 43.2 Å². The summed E-state index contributed by atoms with van der Waals surface area (Å²) in [7, 11) is 0. The zero-order valence-corrected chi connectivity index (χ0v) is 18.1. The maximum absolute atomic E-state index is 12.7. The number of fused-ring (bicyclic) bond motifs is 1. The smallest absolute Gasteiger partial charge is 0.233 e. The van der Waals surface area contributed by atoms with E-state index in [0.717, 1.165) is 40.9 Å². The number of hydrogen-bond donors (Lipinski definition) is 1. The Morgan fingerprint density at radius 1 is 1.30 bits per heavy atom. The van der Waals surface area contributed by atoms with Crippen molar-refractivity contribution in [3.63, 3.8) is 0 Å². The fraction of sp³-hybridized carbons (Fsp3) is 0.500. The molecule has 1 saturated carbocycles. The van der Waals surface area contributed by atoms with E-state index >= 15 is 0 Å². The fourth-order valence-corrected chi connectivity index (χ4v) is 4.84. The molecule has 2 aliphatic rings. The second kappa shape index (κ2) is 9.55. The SMILES string of the molecule is C=CCn1c(S[C@@H](C)C(=O)NCc2ccc3c(c2)OCO3)nnc1C1CCCCC1. The number of ether oxygens (including phenoxy) is 2. The van der Waals surface area contributed by atoms with Crippen LogP contribution in [0.4, 0.5) is 0 Å². The Bertz CT molecular complexity index is 908. The molecular weight excluding hydrogens is 400 g/mol. The van der Waals surface area contributed by atoms with Crippen molar-refractivity contribution >= 4 is 17.7 Å².